The van der Waals surface area contributed by atoms with Gasteiger partial charge in [-0.15, -0.1) is 0 Å². The molecule has 2 N–H and O–H groups in total. The number of aromatic nitrogens is 2. The second-order valence-electron chi connectivity index (χ2n) is 3.78. The molecule has 0 aliphatic rings. The average Bonchev–Trinajstić information content (AvgIpc) is 2.82. The summed E-state index contributed by atoms with van der Waals surface area (Å²) in [5, 5.41) is 3.87. The lowest BCUT2D eigenvalue weighted by Gasteiger charge is -2.20. The number of nitrogens with zero attached hydrogens (tertiary/aromatic N) is 3. The van der Waals surface area contributed by atoms with Gasteiger partial charge in [-0.2, -0.15) is 4.98 Å². The molecule has 0 spiro atoms. The van der Waals surface area contributed by atoms with E-state index in [0.717, 1.165) is 19.6 Å². The predicted molar refractivity (Wildman–Crippen MR) is 64.3 cm³/mol. The van der Waals surface area contributed by atoms with Crippen molar-refractivity contribution in [3.8, 4) is 0 Å². The van der Waals surface area contributed by atoms with Crippen molar-refractivity contribution in [3.05, 3.63) is 11.7 Å². The molecule has 98 valence electrons. The van der Waals surface area contributed by atoms with E-state index in [1.807, 2.05) is 6.92 Å². The van der Waals surface area contributed by atoms with Gasteiger partial charge in [0.1, 0.15) is 6.61 Å². The van der Waals surface area contributed by atoms with Crippen molar-refractivity contribution in [2.24, 2.45) is 5.73 Å². The molecular weight excluding hydrogens is 220 g/mol. The molecular formula is C11H22N4O2. The maximum absolute atomic E-state index is 6.02. The molecule has 0 fully saturated rings. The van der Waals surface area contributed by atoms with Gasteiger partial charge in [-0.1, -0.05) is 19.0 Å². The first kappa shape index (κ1) is 14.1. The number of ether oxygens (including phenoxy) is 1. The molecule has 1 heterocycles. The normalized spacial score (nSPS) is 13.2. The minimum Gasteiger partial charge on any atom is -0.372 e. The van der Waals surface area contributed by atoms with Crippen molar-refractivity contribution in [2.45, 2.75) is 33.4 Å². The summed E-state index contributed by atoms with van der Waals surface area (Å²) >= 11 is 0. The first-order valence-electron chi connectivity index (χ1n) is 6.09. The van der Waals surface area contributed by atoms with Crippen LogP contribution >= 0.6 is 0 Å². The van der Waals surface area contributed by atoms with Crippen LogP contribution in [-0.4, -0.2) is 41.3 Å². The molecule has 0 bridgehead atoms. The lowest BCUT2D eigenvalue weighted by atomic mass is 10.2. The van der Waals surface area contributed by atoms with Crippen LogP contribution < -0.4 is 5.73 Å². The van der Waals surface area contributed by atoms with Gasteiger partial charge in [0.25, 0.3) is 5.89 Å². The molecule has 1 aromatic rings. The summed E-state index contributed by atoms with van der Waals surface area (Å²) in [6.45, 7) is 9.77. The second kappa shape index (κ2) is 7.37. The summed E-state index contributed by atoms with van der Waals surface area (Å²) in [5.41, 5.74) is 6.02. The van der Waals surface area contributed by atoms with Gasteiger partial charge in [0, 0.05) is 13.2 Å². The van der Waals surface area contributed by atoms with Gasteiger partial charge < -0.3 is 19.9 Å². The first-order valence-corrected chi connectivity index (χ1v) is 6.09. The summed E-state index contributed by atoms with van der Waals surface area (Å²) in [7, 11) is 0. The van der Waals surface area contributed by atoms with Crippen molar-refractivity contribution < 1.29 is 9.26 Å². The van der Waals surface area contributed by atoms with E-state index in [1.165, 1.54) is 0 Å². The van der Waals surface area contributed by atoms with Crippen LogP contribution in [-0.2, 0) is 11.3 Å². The molecule has 0 aromatic carbocycles. The Labute approximate surface area is 102 Å². The van der Waals surface area contributed by atoms with E-state index in [1.54, 1.807) is 0 Å². The van der Waals surface area contributed by atoms with Crippen molar-refractivity contribution in [2.75, 3.05) is 26.2 Å². The lowest BCUT2D eigenvalue weighted by molar-refractivity contribution is 0.109. The molecule has 6 heteroatoms. The van der Waals surface area contributed by atoms with Gasteiger partial charge in [0.15, 0.2) is 5.82 Å². The Morgan fingerprint density at radius 3 is 2.65 bits per heavy atom. The Morgan fingerprint density at radius 1 is 1.35 bits per heavy atom. The van der Waals surface area contributed by atoms with E-state index < -0.39 is 0 Å². The monoisotopic (exact) mass is 242 g/mol. The van der Waals surface area contributed by atoms with Gasteiger partial charge in [-0.3, -0.25) is 0 Å². The zero-order valence-corrected chi connectivity index (χ0v) is 10.8. The van der Waals surface area contributed by atoms with E-state index in [2.05, 4.69) is 28.9 Å². The SMILES string of the molecule is CCOCc1nc(C(N)CN(CC)CC)no1. The first-order chi connectivity index (χ1) is 8.21. The summed E-state index contributed by atoms with van der Waals surface area (Å²) < 4.78 is 10.2. The number of hydrogen-bond donors (Lipinski definition) is 1. The molecule has 1 rings (SSSR count). The second-order valence-corrected chi connectivity index (χ2v) is 3.78. The average molecular weight is 242 g/mol. The predicted octanol–water partition coefficient (Wildman–Crippen LogP) is 0.948. The molecule has 0 aliphatic carbocycles. The number of nitrogens with two attached hydrogens (primary N) is 1. The summed E-state index contributed by atoms with van der Waals surface area (Å²) in [4.78, 5) is 6.44. The van der Waals surface area contributed by atoms with Gasteiger partial charge in [0.05, 0.1) is 6.04 Å². The summed E-state index contributed by atoms with van der Waals surface area (Å²) in [6.07, 6.45) is 0. The van der Waals surface area contributed by atoms with Crippen molar-refractivity contribution in [1.29, 1.82) is 0 Å². The Balaban J connectivity index is 2.50. The van der Waals surface area contributed by atoms with Crippen molar-refractivity contribution >= 4 is 0 Å². The van der Waals surface area contributed by atoms with Gasteiger partial charge in [0.2, 0.25) is 0 Å². The minimum absolute atomic E-state index is 0.214. The highest BCUT2D eigenvalue weighted by atomic mass is 16.5. The maximum atomic E-state index is 6.02. The smallest absolute Gasteiger partial charge is 0.252 e. The van der Waals surface area contributed by atoms with Crippen LogP contribution in [0.2, 0.25) is 0 Å². The van der Waals surface area contributed by atoms with Crippen LogP contribution in [0.5, 0.6) is 0 Å². The van der Waals surface area contributed by atoms with Crippen LogP contribution in [0.25, 0.3) is 0 Å². The largest absolute Gasteiger partial charge is 0.372 e. The maximum Gasteiger partial charge on any atom is 0.252 e. The zero-order valence-electron chi connectivity index (χ0n) is 10.8. The zero-order chi connectivity index (χ0) is 12.7. The van der Waals surface area contributed by atoms with Crippen LogP contribution in [0.15, 0.2) is 4.52 Å². The van der Waals surface area contributed by atoms with E-state index in [4.69, 9.17) is 15.0 Å². The Kier molecular flexibility index (Phi) is 6.10. The topological polar surface area (TPSA) is 77.4 Å². The molecule has 1 aromatic heterocycles. The molecule has 0 aliphatic heterocycles. The summed E-state index contributed by atoms with van der Waals surface area (Å²) in [5.74, 6) is 1.03. The fraction of sp³-hybridized carbons (Fsp3) is 0.818. The van der Waals surface area contributed by atoms with Crippen molar-refractivity contribution in [1.82, 2.24) is 15.0 Å². The quantitative estimate of drug-likeness (QED) is 0.731. The number of rotatable bonds is 8. The summed E-state index contributed by atoms with van der Waals surface area (Å²) in [6, 6.07) is -0.214. The van der Waals surface area contributed by atoms with Crippen LogP contribution in [0.4, 0.5) is 0 Å². The van der Waals surface area contributed by atoms with E-state index >= 15 is 0 Å². The highest BCUT2D eigenvalue weighted by molar-refractivity contribution is 4.93. The fourth-order valence-corrected chi connectivity index (χ4v) is 1.51. The van der Waals surface area contributed by atoms with Crippen LogP contribution in [0.1, 0.15) is 38.5 Å². The third-order valence-electron chi connectivity index (χ3n) is 2.59. The van der Waals surface area contributed by atoms with Crippen LogP contribution in [0.3, 0.4) is 0 Å². The Bertz CT molecular complexity index is 312. The fourth-order valence-electron chi connectivity index (χ4n) is 1.51. The van der Waals surface area contributed by atoms with E-state index in [9.17, 15) is 0 Å². The highest BCUT2D eigenvalue weighted by Gasteiger charge is 2.16. The molecule has 1 unspecified atom stereocenters. The molecule has 0 amide bonds. The van der Waals surface area contributed by atoms with Gasteiger partial charge in [-0.05, 0) is 20.0 Å². The third kappa shape index (κ3) is 4.41. The van der Waals surface area contributed by atoms with Crippen LogP contribution in [0, 0.1) is 0 Å². The van der Waals surface area contributed by atoms with E-state index in [0.29, 0.717) is 24.9 Å². The standard InChI is InChI=1S/C11H22N4O2/c1-4-15(5-2)7-9(12)11-13-10(17-14-11)8-16-6-3/h9H,4-8,12H2,1-3H3. The van der Waals surface area contributed by atoms with Gasteiger partial charge in [-0.25, -0.2) is 0 Å². The van der Waals surface area contributed by atoms with Crippen molar-refractivity contribution in [3.63, 3.8) is 0 Å². The Morgan fingerprint density at radius 2 is 2.06 bits per heavy atom. The Hall–Kier alpha value is -0.980. The molecule has 17 heavy (non-hydrogen) atoms. The molecule has 0 saturated heterocycles. The van der Waals surface area contributed by atoms with Gasteiger partial charge >= 0.3 is 0 Å². The third-order valence-corrected chi connectivity index (χ3v) is 2.59. The minimum atomic E-state index is -0.214. The number of likely N-dealkylation sites (N-methyl/N-ethyl adjacent to an activating group) is 1. The lowest BCUT2D eigenvalue weighted by Crippen LogP contribution is -2.32. The number of hydrogen-bond acceptors (Lipinski definition) is 6. The van der Waals surface area contributed by atoms with E-state index in [-0.39, 0.29) is 6.04 Å². The highest BCUT2D eigenvalue weighted by Crippen LogP contribution is 2.09. The molecule has 0 radical (unpaired) electrons. The molecule has 1 atom stereocenters. The molecule has 6 nitrogen and oxygen atoms in total. The molecule has 0 saturated carbocycles.